The van der Waals surface area contributed by atoms with E-state index in [4.69, 9.17) is 18.9 Å². The zero-order valence-electron chi connectivity index (χ0n) is 15.5. The van der Waals surface area contributed by atoms with Crippen LogP contribution in [0.15, 0.2) is 11.6 Å². The SMILES string of the molecule is CC1(C)OC[C@@H]([C@]2(O)C#CC3=CC[C@H]4OC(C)(C)O[C@@]34[C@H](O)C#CC2)O1. The molecule has 4 aliphatic rings. The number of hydrogen-bond donors (Lipinski definition) is 2. The fourth-order valence-corrected chi connectivity index (χ4v) is 4.02. The normalized spacial score (nSPS) is 45.0. The summed E-state index contributed by atoms with van der Waals surface area (Å²) in [6, 6.07) is 0. The molecule has 0 bridgehead atoms. The van der Waals surface area contributed by atoms with Crippen LogP contribution in [0, 0.1) is 23.7 Å². The van der Waals surface area contributed by atoms with E-state index in [1.807, 2.05) is 6.08 Å². The van der Waals surface area contributed by atoms with Gasteiger partial charge >= 0.3 is 0 Å². The van der Waals surface area contributed by atoms with Crippen molar-refractivity contribution in [2.75, 3.05) is 6.61 Å². The van der Waals surface area contributed by atoms with Gasteiger partial charge in [0.15, 0.2) is 28.9 Å². The van der Waals surface area contributed by atoms with Crippen LogP contribution in [0.1, 0.15) is 40.5 Å². The first kappa shape index (κ1) is 18.0. The van der Waals surface area contributed by atoms with Crippen LogP contribution < -0.4 is 0 Å². The molecule has 1 spiro atoms. The third-order valence-corrected chi connectivity index (χ3v) is 5.23. The Hall–Kier alpha value is -1.38. The van der Waals surface area contributed by atoms with Crippen molar-refractivity contribution in [1.29, 1.82) is 0 Å². The van der Waals surface area contributed by atoms with E-state index in [2.05, 4.69) is 23.7 Å². The summed E-state index contributed by atoms with van der Waals surface area (Å²) in [5.74, 6) is 10.0. The zero-order chi connectivity index (χ0) is 18.8. The highest BCUT2D eigenvalue weighted by atomic mass is 16.8. The van der Waals surface area contributed by atoms with E-state index in [1.165, 1.54) is 0 Å². The molecule has 2 aliphatic carbocycles. The predicted octanol–water partition coefficient (Wildman–Crippen LogP) is 0.861. The highest BCUT2D eigenvalue weighted by molar-refractivity contribution is 5.49. The zero-order valence-corrected chi connectivity index (χ0v) is 15.5. The van der Waals surface area contributed by atoms with E-state index in [-0.39, 0.29) is 19.1 Å². The summed E-state index contributed by atoms with van der Waals surface area (Å²) in [6.45, 7) is 7.42. The third kappa shape index (κ3) is 2.70. The van der Waals surface area contributed by atoms with Crippen molar-refractivity contribution in [3.05, 3.63) is 11.6 Å². The summed E-state index contributed by atoms with van der Waals surface area (Å²) in [5.41, 5.74) is -2.03. The highest BCUT2D eigenvalue weighted by Crippen LogP contribution is 2.49. The Morgan fingerprint density at radius 2 is 1.85 bits per heavy atom. The lowest BCUT2D eigenvalue weighted by atomic mass is 9.87. The molecular weight excluding hydrogens is 336 g/mol. The summed E-state index contributed by atoms with van der Waals surface area (Å²) in [7, 11) is 0. The minimum absolute atomic E-state index is 0.0411. The van der Waals surface area contributed by atoms with Gasteiger partial charge in [-0.2, -0.15) is 0 Å². The lowest BCUT2D eigenvalue weighted by Crippen LogP contribution is -2.49. The fourth-order valence-electron chi connectivity index (χ4n) is 4.02. The first-order valence-electron chi connectivity index (χ1n) is 8.89. The number of aliphatic hydroxyl groups is 2. The Kier molecular flexibility index (Phi) is 3.85. The van der Waals surface area contributed by atoms with E-state index in [0.29, 0.717) is 12.0 Å². The van der Waals surface area contributed by atoms with Gasteiger partial charge in [-0.15, -0.1) is 0 Å². The minimum atomic E-state index is -1.50. The maximum Gasteiger partial charge on any atom is 0.167 e. The van der Waals surface area contributed by atoms with Gasteiger partial charge in [-0.3, -0.25) is 0 Å². The Morgan fingerprint density at radius 3 is 2.54 bits per heavy atom. The lowest BCUT2D eigenvalue weighted by Gasteiger charge is -2.31. The molecule has 2 heterocycles. The third-order valence-electron chi connectivity index (χ3n) is 5.23. The van der Waals surface area contributed by atoms with Gasteiger partial charge in [-0.05, 0) is 34.1 Å². The molecule has 2 fully saturated rings. The van der Waals surface area contributed by atoms with Crippen LogP contribution in [0.4, 0.5) is 0 Å². The van der Waals surface area contributed by atoms with Crippen molar-refractivity contribution >= 4 is 0 Å². The second kappa shape index (κ2) is 5.56. The molecule has 2 N–H and O–H groups in total. The van der Waals surface area contributed by atoms with Crippen molar-refractivity contribution in [2.24, 2.45) is 0 Å². The molecule has 0 radical (unpaired) electrons. The standard InChI is InChI=1S/C20H24O6/c1-17(2)23-12-16(25-17)19(22)10-5-6-14(21)20-13(9-11-19)7-8-15(20)24-18(3,4)26-20/h7,14-16,21-22H,8,10,12H2,1-4H3/t14-,15-,16+,19-,20-/m1/s1. The molecule has 0 aromatic carbocycles. The van der Waals surface area contributed by atoms with Gasteiger partial charge in [0.25, 0.3) is 0 Å². The summed E-state index contributed by atoms with van der Waals surface area (Å²) in [5, 5.41) is 21.9. The average Bonchev–Trinajstić information content (AvgIpc) is 3.14. The molecule has 0 amide bonds. The smallest absolute Gasteiger partial charge is 0.167 e. The second-order valence-corrected chi connectivity index (χ2v) is 8.15. The highest BCUT2D eigenvalue weighted by Gasteiger charge is 2.61. The molecule has 0 aromatic heterocycles. The van der Waals surface area contributed by atoms with E-state index in [0.717, 1.165) is 0 Å². The molecular formula is C20H24O6. The van der Waals surface area contributed by atoms with Gasteiger partial charge in [0.2, 0.25) is 0 Å². The first-order chi connectivity index (χ1) is 12.1. The molecule has 140 valence electrons. The van der Waals surface area contributed by atoms with Gasteiger partial charge in [0.1, 0.15) is 12.2 Å². The Labute approximate surface area is 153 Å². The number of rotatable bonds is 1. The van der Waals surface area contributed by atoms with Crippen LogP contribution in [0.3, 0.4) is 0 Å². The van der Waals surface area contributed by atoms with Crippen LogP contribution >= 0.6 is 0 Å². The van der Waals surface area contributed by atoms with Crippen molar-refractivity contribution in [3.8, 4) is 23.7 Å². The van der Waals surface area contributed by atoms with E-state index in [1.54, 1.807) is 27.7 Å². The number of aliphatic hydroxyl groups excluding tert-OH is 1. The van der Waals surface area contributed by atoms with Crippen molar-refractivity contribution in [3.63, 3.8) is 0 Å². The first-order valence-corrected chi connectivity index (χ1v) is 8.89. The Bertz CT molecular complexity index is 776. The molecule has 6 nitrogen and oxygen atoms in total. The molecule has 2 saturated heterocycles. The van der Waals surface area contributed by atoms with Gasteiger partial charge in [0, 0.05) is 5.57 Å². The second-order valence-electron chi connectivity index (χ2n) is 8.15. The minimum Gasteiger partial charge on any atom is -0.377 e. The van der Waals surface area contributed by atoms with Gasteiger partial charge in [-0.25, -0.2) is 0 Å². The quantitative estimate of drug-likeness (QED) is 0.676. The Morgan fingerprint density at radius 1 is 1.12 bits per heavy atom. The molecule has 4 rings (SSSR count). The average molecular weight is 360 g/mol. The molecule has 5 atom stereocenters. The predicted molar refractivity (Wildman–Crippen MR) is 91.5 cm³/mol. The molecule has 0 saturated carbocycles. The van der Waals surface area contributed by atoms with Crippen LogP contribution in [-0.4, -0.2) is 57.9 Å². The topological polar surface area (TPSA) is 77.4 Å². The molecule has 2 aliphatic heterocycles. The van der Waals surface area contributed by atoms with Crippen molar-refractivity contribution in [2.45, 2.75) is 81.6 Å². The maximum absolute atomic E-state index is 11.1. The molecule has 0 aromatic rings. The summed E-state index contributed by atoms with van der Waals surface area (Å²) in [6.07, 6.45) is 0.416. The van der Waals surface area contributed by atoms with Gasteiger partial charge in [0.05, 0.1) is 13.0 Å². The maximum atomic E-state index is 11.1. The largest absolute Gasteiger partial charge is 0.377 e. The number of ether oxygens (including phenoxy) is 4. The van der Waals surface area contributed by atoms with Gasteiger partial charge < -0.3 is 29.2 Å². The number of hydrogen-bond acceptors (Lipinski definition) is 6. The van der Waals surface area contributed by atoms with Crippen molar-refractivity contribution in [1.82, 2.24) is 0 Å². The Balaban J connectivity index is 1.73. The van der Waals surface area contributed by atoms with Crippen LogP contribution in [0.5, 0.6) is 0 Å². The molecule has 26 heavy (non-hydrogen) atoms. The van der Waals surface area contributed by atoms with E-state index in [9.17, 15) is 10.2 Å². The molecule has 6 heteroatoms. The molecule has 0 unspecified atom stereocenters. The van der Waals surface area contributed by atoms with Gasteiger partial charge in [-0.1, -0.05) is 29.8 Å². The monoisotopic (exact) mass is 360 g/mol. The van der Waals surface area contributed by atoms with E-state index >= 15 is 0 Å². The van der Waals surface area contributed by atoms with Crippen LogP contribution in [0.2, 0.25) is 0 Å². The van der Waals surface area contributed by atoms with Crippen LogP contribution in [-0.2, 0) is 18.9 Å². The van der Waals surface area contributed by atoms with Crippen LogP contribution in [0.25, 0.3) is 0 Å². The van der Waals surface area contributed by atoms with Crippen molar-refractivity contribution < 1.29 is 29.2 Å². The van der Waals surface area contributed by atoms with E-state index < -0.39 is 35.0 Å². The summed E-state index contributed by atoms with van der Waals surface area (Å²) >= 11 is 0. The lowest BCUT2D eigenvalue weighted by molar-refractivity contribution is -0.168. The summed E-state index contributed by atoms with van der Waals surface area (Å²) < 4.78 is 23.4. The summed E-state index contributed by atoms with van der Waals surface area (Å²) in [4.78, 5) is 0. The fraction of sp³-hybridized carbons (Fsp3) is 0.700.